The molecule has 164 valence electrons. The van der Waals surface area contributed by atoms with Crippen LogP contribution in [0.2, 0.25) is 0 Å². The summed E-state index contributed by atoms with van der Waals surface area (Å²) in [5.74, 6) is 0.318. The van der Waals surface area contributed by atoms with Gasteiger partial charge in [0.15, 0.2) is 0 Å². The van der Waals surface area contributed by atoms with E-state index in [1.807, 2.05) is 84.9 Å². The summed E-state index contributed by atoms with van der Waals surface area (Å²) in [6, 6.07) is 30.4. The molecule has 0 saturated carbocycles. The third-order valence-electron chi connectivity index (χ3n) is 5.37. The number of phenols is 1. The Morgan fingerprint density at radius 3 is 2.21 bits per heavy atom. The van der Waals surface area contributed by atoms with Gasteiger partial charge >= 0.3 is 0 Å². The largest absolute Gasteiger partial charge is 0.507 e. The van der Waals surface area contributed by atoms with Crippen molar-refractivity contribution in [3.05, 3.63) is 120 Å². The molecule has 0 aromatic heterocycles. The summed E-state index contributed by atoms with van der Waals surface area (Å²) in [5.41, 5.74) is 4.17. The number of benzene rings is 4. The molecular weight excluding hydrogens is 410 g/mol. The Hall–Kier alpha value is -4.31. The molecular formula is C29H25NO3. The summed E-state index contributed by atoms with van der Waals surface area (Å²) in [5, 5.41) is 14.0. The molecule has 0 fully saturated rings. The molecule has 4 aromatic rings. The number of phenolic OH excluding ortho intramolecular Hbond substituents is 1. The fourth-order valence-electron chi connectivity index (χ4n) is 3.64. The van der Waals surface area contributed by atoms with Gasteiger partial charge in [-0.1, -0.05) is 84.9 Å². The fraction of sp³-hybridized carbons (Fsp3) is 0.0690. The number of carbonyl (C=O) groups is 1. The molecule has 0 heterocycles. The maximum Gasteiger partial charge on any atom is 0.260 e. The molecule has 2 N–H and O–H groups in total. The maximum absolute atomic E-state index is 13.3. The van der Waals surface area contributed by atoms with Gasteiger partial charge in [0.25, 0.3) is 5.91 Å². The number of aromatic hydroxyl groups is 1. The van der Waals surface area contributed by atoms with E-state index in [1.165, 1.54) is 0 Å². The number of hydrogen-bond acceptors (Lipinski definition) is 3. The lowest BCUT2D eigenvalue weighted by atomic mass is 9.94. The van der Waals surface area contributed by atoms with Gasteiger partial charge in [0.05, 0.1) is 12.7 Å². The van der Waals surface area contributed by atoms with Crippen LogP contribution in [-0.2, 0) is 6.42 Å². The maximum atomic E-state index is 13.3. The first-order valence-electron chi connectivity index (χ1n) is 10.7. The van der Waals surface area contributed by atoms with E-state index in [-0.39, 0.29) is 17.2 Å². The van der Waals surface area contributed by atoms with Crippen molar-refractivity contribution in [2.75, 3.05) is 12.4 Å². The summed E-state index contributed by atoms with van der Waals surface area (Å²) in [7, 11) is 1.59. The average Bonchev–Trinajstić information content (AvgIpc) is 2.86. The minimum absolute atomic E-state index is 0.0138. The van der Waals surface area contributed by atoms with Gasteiger partial charge in [-0.15, -0.1) is 0 Å². The second kappa shape index (κ2) is 10.3. The van der Waals surface area contributed by atoms with Crippen LogP contribution >= 0.6 is 0 Å². The molecule has 33 heavy (non-hydrogen) atoms. The monoisotopic (exact) mass is 435 g/mol. The number of nitrogens with one attached hydrogen (secondary N) is 1. The Morgan fingerprint density at radius 2 is 1.55 bits per heavy atom. The first kappa shape index (κ1) is 21.9. The second-order valence-corrected chi connectivity index (χ2v) is 7.56. The Bertz CT molecular complexity index is 1250. The first-order chi connectivity index (χ1) is 16.2. The number of hydrogen-bond donors (Lipinski definition) is 2. The molecule has 0 radical (unpaired) electrons. The van der Waals surface area contributed by atoms with Gasteiger partial charge in [-0.25, -0.2) is 0 Å². The third-order valence-corrected chi connectivity index (χ3v) is 5.37. The van der Waals surface area contributed by atoms with Gasteiger partial charge in [0, 0.05) is 5.69 Å². The molecule has 0 atom stereocenters. The smallest absolute Gasteiger partial charge is 0.260 e. The van der Waals surface area contributed by atoms with Gasteiger partial charge in [0.1, 0.15) is 11.5 Å². The highest BCUT2D eigenvalue weighted by molar-refractivity contribution is 6.11. The van der Waals surface area contributed by atoms with Crippen LogP contribution in [0, 0.1) is 0 Å². The quantitative estimate of drug-likeness (QED) is 0.345. The van der Waals surface area contributed by atoms with E-state index in [0.717, 1.165) is 11.1 Å². The van der Waals surface area contributed by atoms with Crippen LogP contribution in [-0.4, -0.2) is 18.1 Å². The summed E-state index contributed by atoms with van der Waals surface area (Å²) in [6.45, 7) is 0. The Morgan fingerprint density at radius 1 is 0.879 bits per heavy atom. The lowest BCUT2D eigenvalue weighted by Gasteiger charge is -2.15. The number of amides is 1. The van der Waals surface area contributed by atoms with Crippen molar-refractivity contribution in [1.29, 1.82) is 0 Å². The lowest BCUT2D eigenvalue weighted by Crippen LogP contribution is -2.14. The van der Waals surface area contributed by atoms with Crippen molar-refractivity contribution in [2.45, 2.75) is 6.42 Å². The van der Waals surface area contributed by atoms with Crippen LogP contribution < -0.4 is 10.1 Å². The highest BCUT2D eigenvalue weighted by Gasteiger charge is 2.20. The van der Waals surface area contributed by atoms with Gasteiger partial charge < -0.3 is 15.2 Å². The highest BCUT2D eigenvalue weighted by atomic mass is 16.5. The van der Waals surface area contributed by atoms with Crippen molar-refractivity contribution in [2.24, 2.45) is 0 Å². The van der Waals surface area contributed by atoms with Gasteiger partial charge in [-0.05, 0) is 52.9 Å². The van der Waals surface area contributed by atoms with E-state index in [2.05, 4.69) is 5.32 Å². The van der Waals surface area contributed by atoms with E-state index in [9.17, 15) is 9.90 Å². The van der Waals surface area contributed by atoms with Gasteiger partial charge in [-0.3, -0.25) is 4.79 Å². The van der Waals surface area contributed by atoms with E-state index < -0.39 is 0 Å². The van der Waals surface area contributed by atoms with Crippen molar-refractivity contribution < 1.29 is 14.6 Å². The topological polar surface area (TPSA) is 58.6 Å². The molecule has 1 amide bonds. The number of anilines is 1. The van der Waals surface area contributed by atoms with Crippen LogP contribution in [0.1, 0.15) is 21.5 Å². The summed E-state index contributed by atoms with van der Waals surface area (Å²) in [4.78, 5) is 13.3. The van der Waals surface area contributed by atoms with Crippen LogP contribution in [0.3, 0.4) is 0 Å². The van der Waals surface area contributed by atoms with Crippen LogP contribution in [0.25, 0.3) is 17.2 Å². The van der Waals surface area contributed by atoms with Crippen LogP contribution in [0.15, 0.2) is 103 Å². The standard InChI is InChI=1S/C29H25NO3/c1-33-25-18-16-24(17-19-25)30-29(32)27-26(22-12-6-3-7-13-22)20-15-23(28(27)31)14-8-11-21-9-4-2-5-10-21/h2-13,15-20,31H,14H2,1H3,(H,30,32). The Balaban J connectivity index is 1.67. The Kier molecular flexibility index (Phi) is 6.86. The number of allylic oxidation sites excluding steroid dienone is 1. The number of methoxy groups -OCH3 is 1. The van der Waals surface area contributed by atoms with Crippen LogP contribution in [0.5, 0.6) is 11.5 Å². The molecule has 4 rings (SSSR count). The molecule has 4 aromatic carbocycles. The molecule has 0 saturated heterocycles. The zero-order valence-electron chi connectivity index (χ0n) is 18.4. The van der Waals surface area contributed by atoms with Crippen molar-refractivity contribution >= 4 is 17.7 Å². The molecule has 0 aliphatic heterocycles. The molecule has 0 unspecified atom stereocenters. The summed E-state index contributed by atoms with van der Waals surface area (Å²) < 4.78 is 5.18. The van der Waals surface area contributed by atoms with Crippen LogP contribution in [0.4, 0.5) is 5.69 Å². The minimum atomic E-state index is -0.370. The van der Waals surface area contributed by atoms with E-state index in [1.54, 1.807) is 31.4 Å². The van der Waals surface area contributed by atoms with Gasteiger partial charge in [-0.2, -0.15) is 0 Å². The van der Waals surface area contributed by atoms with E-state index in [0.29, 0.717) is 29.0 Å². The number of ether oxygens (including phenoxy) is 1. The SMILES string of the molecule is COc1ccc(NC(=O)c2c(-c3ccccc3)ccc(CC=Cc3ccccc3)c2O)cc1. The number of rotatable bonds is 7. The molecule has 0 bridgehead atoms. The van der Waals surface area contributed by atoms with Crippen molar-refractivity contribution in [3.63, 3.8) is 0 Å². The normalized spacial score (nSPS) is 10.8. The zero-order valence-corrected chi connectivity index (χ0v) is 18.4. The second-order valence-electron chi connectivity index (χ2n) is 7.56. The summed E-state index contributed by atoms with van der Waals surface area (Å²) in [6.07, 6.45) is 4.48. The molecule has 4 nitrogen and oxygen atoms in total. The lowest BCUT2D eigenvalue weighted by molar-refractivity contribution is 0.102. The predicted molar refractivity (Wildman–Crippen MR) is 134 cm³/mol. The predicted octanol–water partition coefficient (Wildman–Crippen LogP) is 6.58. The average molecular weight is 436 g/mol. The Labute approximate surface area is 193 Å². The van der Waals surface area contributed by atoms with E-state index in [4.69, 9.17) is 4.74 Å². The van der Waals surface area contributed by atoms with E-state index >= 15 is 0 Å². The van der Waals surface area contributed by atoms with Crippen molar-refractivity contribution in [1.82, 2.24) is 0 Å². The third kappa shape index (κ3) is 5.31. The van der Waals surface area contributed by atoms with Gasteiger partial charge in [0.2, 0.25) is 0 Å². The first-order valence-corrected chi connectivity index (χ1v) is 10.7. The molecule has 4 heteroatoms. The highest BCUT2D eigenvalue weighted by Crippen LogP contribution is 2.34. The fourth-order valence-corrected chi connectivity index (χ4v) is 3.64. The summed E-state index contributed by atoms with van der Waals surface area (Å²) >= 11 is 0. The zero-order chi connectivity index (χ0) is 23.0. The van der Waals surface area contributed by atoms with Crippen molar-refractivity contribution in [3.8, 4) is 22.6 Å². The molecule has 0 aliphatic carbocycles. The minimum Gasteiger partial charge on any atom is -0.507 e. The molecule has 0 aliphatic rings. The number of carbonyl (C=O) groups excluding carboxylic acids is 1. The molecule has 0 spiro atoms.